The Balaban J connectivity index is 0.00000180. The molecule has 0 aliphatic carbocycles. The van der Waals surface area contributed by atoms with Crippen molar-refractivity contribution in [3.63, 3.8) is 0 Å². The Labute approximate surface area is 134 Å². The molecule has 0 radical (unpaired) electrons. The summed E-state index contributed by atoms with van der Waals surface area (Å²) in [5.41, 5.74) is 7.41. The van der Waals surface area contributed by atoms with Gasteiger partial charge in [-0.3, -0.25) is 4.90 Å². The van der Waals surface area contributed by atoms with Crippen molar-refractivity contribution in [2.24, 2.45) is 5.73 Å². The number of methoxy groups -OCH3 is 1. The van der Waals surface area contributed by atoms with Gasteiger partial charge in [0, 0.05) is 18.6 Å². The highest BCUT2D eigenvalue weighted by Gasteiger charge is 2.24. The van der Waals surface area contributed by atoms with Gasteiger partial charge < -0.3 is 10.5 Å². The number of hydrogen-bond donors (Lipinski definition) is 1. The molecule has 1 aromatic carbocycles. The minimum atomic E-state index is 0. The standard InChI is InChI=1S/C15H24N2O.2ClH/c1-12-14(16)7-5-10-17(12)11-9-13-6-3-4-8-15(13)18-2;;/h3-4,6,8,12,14H,5,7,9-11,16H2,1-2H3;2*1H. The first-order valence-corrected chi connectivity index (χ1v) is 6.84. The zero-order valence-electron chi connectivity index (χ0n) is 12.2. The highest BCUT2D eigenvalue weighted by atomic mass is 35.5. The van der Waals surface area contributed by atoms with Crippen molar-refractivity contribution >= 4 is 24.8 Å². The van der Waals surface area contributed by atoms with E-state index in [2.05, 4.69) is 24.0 Å². The van der Waals surface area contributed by atoms with Crippen molar-refractivity contribution in [3.8, 4) is 5.75 Å². The van der Waals surface area contributed by atoms with Crippen molar-refractivity contribution < 1.29 is 4.74 Å². The molecule has 2 N–H and O–H groups in total. The van der Waals surface area contributed by atoms with Crippen LogP contribution in [0.5, 0.6) is 5.75 Å². The Morgan fingerprint density at radius 3 is 2.70 bits per heavy atom. The number of para-hydroxylation sites is 1. The van der Waals surface area contributed by atoms with Gasteiger partial charge in [0.2, 0.25) is 0 Å². The molecular weight excluding hydrogens is 295 g/mol. The summed E-state index contributed by atoms with van der Waals surface area (Å²) < 4.78 is 5.39. The number of hydrogen-bond acceptors (Lipinski definition) is 3. The van der Waals surface area contributed by atoms with Crippen LogP contribution in [0.15, 0.2) is 24.3 Å². The minimum absolute atomic E-state index is 0. The van der Waals surface area contributed by atoms with E-state index in [0.29, 0.717) is 12.1 Å². The fraction of sp³-hybridized carbons (Fsp3) is 0.600. The molecule has 1 saturated heterocycles. The van der Waals surface area contributed by atoms with Gasteiger partial charge in [0.25, 0.3) is 0 Å². The summed E-state index contributed by atoms with van der Waals surface area (Å²) in [6, 6.07) is 9.09. The van der Waals surface area contributed by atoms with E-state index in [4.69, 9.17) is 10.5 Å². The smallest absolute Gasteiger partial charge is 0.122 e. The molecule has 5 heteroatoms. The highest BCUT2D eigenvalue weighted by Crippen LogP contribution is 2.20. The first-order chi connectivity index (χ1) is 8.72. The Hall–Kier alpha value is -0.480. The third-order valence-corrected chi connectivity index (χ3v) is 4.04. The van der Waals surface area contributed by atoms with Crippen LogP contribution in [0.3, 0.4) is 0 Å². The summed E-state index contributed by atoms with van der Waals surface area (Å²) in [5.74, 6) is 0.992. The molecule has 1 aliphatic heterocycles. The molecule has 0 aromatic heterocycles. The SMILES string of the molecule is COc1ccccc1CCN1CCCC(N)C1C.Cl.Cl. The monoisotopic (exact) mass is 320 g/mol. The van der Waals surface area contributed by atoms with Gasteiger partial charge in [-0.1, -0.05) is 18.2 Å². The first-order valence-electron chi connectivity index (χ1n) is 6.84. The van der Waals surface area contributed by atoms with Crippen LogP contribution in [0.4, 0.5) is 0 Å². The summed E-state index contributed by atoms with van der Waals surface area (Å²) in [4.78, 5) is 2.50. The lowest BCUT2D eigenvalue weighted by Crippen LogP contribution is -2.50. The van der Waals surface area contributed by atoms with Crippen molar-refractivity contribution in [1.29, 1.82) is 0 Å². The molecule has 2 rings (SSSR count). The topological polar surface area (TPSA) is 38.5 Å². The van der Waals surface area contributed by atoms with E-state index in [1.54, 1.807) is 7.11 Å². The van der Waals surface area contributed by atoms with Crippen LogP contribution in [-0.2, 0) is 6.42 Å². The van der Waals surface area contributed by atoms with Crippen LogP contribution in [0.25, 0.3) is 0 Å². The van der Waals surface area contributed by atoms with Crippen molar-refractivity contribution in [3.05, 3.63) is 29.8 Å². The van der Waals surface area contributed by atoms with Crippen molar-refractivity contribution in [1.82, 2.24) is 4.90 Å². The largest absolute Gasteiger partial charge is 0.496 e. The lowest BCUT2D eigenvalue weighted by molar-refractivity contribution is 0.142. The summed E-state index contributed by atoms with van der Waals surface area (Å²) >= 11 is 0. The molecule has 2 unspecified atom stereocenters. The Morgan fingerprint density at radius 1 is 1.30 bits per heavy atom. The van der Waals surface area contributed by atoms with Crippen LogP contribution < -0.4 is 10.5 Å². The molecule has 1 aliphatic rings. The fourth-order valence-electron chi connectivity index (χ4n) is 2.73. The molecule has 116 valence electrons. The maximum absolute atomic E-state index is 6.13. The number of nitrogens with two attached hydrogens (primary N) is 1. The number of rotatable bonds is 4. The molecular formula is C15H26Cl2N2O. The van der Waals surface area contributed by atoms with E-state index in [0.717, 1.165) is 25.1 Å². The molecule has 1 heterocycles. The number of benzene rings is 1. The number of piperidine rings is 1. The summed E-state index contributed by atoms with van der Waals surface area (Å²) in [6.45, 7) is 4.48. The maximum Gasteiger partial charge on any atom is 0.122 e. The van der Waals surface area contributed by atoms with Crippen molar-refractivity contribution in [2.75, 3.05) is 20.2 Å². The van der Waals surface area contributed by atoms with E-state index in [9.17, 15) is 0 Å². The molecule has 2 atom stereocenters. The summed E-state index contributed by atoms with van der Waals surface area (Å²) in [5, 5.41) is 0. The minimum Gasteiger partial charge on any atom is -0.496 e. The molecule has 20 heavy (non-hydrogen) atoms. The molecule has 0 amide bonds. The third-order valence-electron chi connectivity index (χ3n) is 4.04. The second kappa shape index (κ2) is 9.46. The number of likely N-dealkylation sites (tertiary alicyclic amines) is 1. The third kappa shape index (κ3) is 4.81. The van der Waals surface area contributed by atoms with Crippen LogP contribution in [0.2, 0.25) is 0 Å². The molecule has 1 fully saturated rings. The molecule has 3 nitrogen and oxygen atoms in total. The van der Waals surface area contributed by atoms with Crippen LogP contribution in [0, 0.1) is 0 Å². The predicted octanol–water partition coefficient (Wildman–Crippen LogP) is 2.89. The quantitative estimate of drug-likeness (QED) is 0.927. The highest BCUT2D eigenvalue weighted by molar-refractivity contribution is 5.85. The number of ether oxygens (including phenoxy) is 1. The van der Waals surface area contributed by atoms with Crippen molar-refractivity contribution in [2.45, 2.75) is 38.3 Å². The zero-order chi connectivity index (χ0) is 13.0. The van der Waals surface area contributed by atoms with Crippen LogP contribution in [-0.4, -0.2) is 37.2 Å². The average molecular weight is 321 g/mol. The van der Waals surface area contributed by atoms with Gasteiger partial charge >= 0.3 is 0 Å². The van der Waals surface area contributed by atoms with Gasteiger partial charge in [-0.25, -0.2) is 0 Å². The van der Waals surface area contributed by atoms with Crippen LogP contribution in [0.1, 0.15) is 25.3 Å². The molecule has 1 aromatic rings. The second-order valence-electron chi connectivity index (χ2n) is 5.14. The van der Waals surface area contributed by atoms with E-state index in [-0.39, 0.29) is 24.8 Å². The lowest BCUT2D eigenvalue weighted by atomic mass is 9.98. The lowest BCUT2D eigenvalue weighted by Gasteiger charge is -2.37. The van der Waals surface area contributed by atoms with Gasteiger partial charge in [0.05, 0.1) is 7.11 Å². The van der Waals surface area contributed by atoms with Gasteiger partial charge in [0.1, 0.15) is 5.75 Å². The van der Waals surface area contributed by atoms with Gasteiger partial charge in [-0.05, 0) is 44.4 Å². The Morgan fingerprint density at radius 2 is 2.00 bits per heavy atom. The number of nitrogens with zero attached hydrogens (tertiary/aromatic N) is 1. The van der Waals surface area contributed by atoms with Gasteiger partial charge in [-0.15, -0.1) is 24.8 Å². The van der Waals surface area contributed by atoms with E-state index in [1.807, 2.05) is 12.1 Å². The fourth-order valence-corrected chi connectivity index (χ4v) is 2.73. The van der Waals surface area contributed by atoms with Crippen LogP contribution >= 0.6 is 24.8 Å². The normalized spacial score (nSPS) is 22.6. The zero-order valence-corrected chi connectivity index (χ0v) is 13.9. The van der Waals surface area contributed by atoms with E-state index in [1.165, 1.54) is 18.5 Å². The summed E-state index contributed by atoms with van der Waals surface area (Å²) in [6.07, 6.45) is 3.41. The molecule has 0 bridgehead atoms. The Kier molecular flexibility index (Phi) is 9.23. The first kappa shape index (κ1) is 19.5. The Bertz CT molecular complexity index is 390. The van der Waals surface area contributed by atoms with Gasteiger partial charge in [-0.2, -0.15) is 0 Å². The molecule has 0 spiro atoms. The number of halogens is 2. The van der Waals surface area contributed by atoms with E-state index >= 15 is 0 Å². The maximum atomic E-state index is 6.13. The molecule has 0 saturated carbocycles. The second-order valence-corrected chi connectivity index (χ2v) is 5.14. The van der Waals surface area contributed by atoms with Gasteiger partial charge in [0.15, 0.2) is 0 Å². The summed E-state index contributed by atoms with van der Waals surface area (Å²) in [7, 11) is 1.73. The average Bonchev–Trinajstić information content (AvgIpc) is 2.41. The predicted molar refractivity (Wildman–Crippen MR) is 89.4 cm³/mol. The van der Waals surface area contributed by atoms with E-state index < -0.39 is 0 Å².